The number of aromatic nitrogens is 1. The number of hydrogen-bond donors (Lipinski definition) is 1. The van der Waals surface area contributed by atoms with Gasteiger partial charge in [0, 0.05) is 12.5 Å². The lowest BCUT2D eigenvalue weighted by molar-refractivity contribution is -0.138. The zero-order chi connectivity index (χ0) is 17.9. The van der Waals surface area contributed by atoms with Crippen LogP contribution in [-0.2, 0) is 11.2 Å². The number of halogens is 1. The molecule has 0 unspecified atom stereocenters. The third kappa shape index (κ3) is 4.38. The molecule has 128 valence electrons. The minimum Gasteiger partial charge on any atom is -0.480 e. The molecule has 1 aromatic carbocycles. The van der Waals surface area contributed by atoms with Crippen LogP contribution in [0.1, 0.15) is 39.8 Å². The van der Waals surface area contributed by atoms with Gasteiger partial charge < -0.3 is 10.0 Å². The number of amides is 1. The predicted octanol–water partition coefficient (Wildman–Crippen LogP) is 3.12. The highest BCUT2D eigenvalue weighted by molar-refractivity contribution is 7.13. The molecule has 1 aromatic heterocycles. The Labute approximate surface area is 143 Å². The Balaban J connectivity index is 2.22. The van der Waals surface area contributed by atoms with Gasteiger partial charge >= 0.3 is 5.97 Å². The van der Waals surface area contributed by atoms with Crippen LogP contribution in [0.3, 0.4) is 0 Å². The minimum atomic E-state index is -1.05. The molecular weight excluding hydrogens is 331 g/mol. The molecule has 1 amide bonds. The van der Waals surface area contributed by atoms with Crippen LogP contribution >= 0.6 is 11.3 Å². The smallest absolute Gasteiger partial charge is 0.323 e. The van der Waals surface area contributed by atoms with Gasteiger partial charge in [-0.25, -0.2) is 9.37 Å². The van der Waals surface area contributed by atoms with Gasteiger partial charge in [0.05, 0.1) is 10.7 Å². The highest BCUT2D eigenvalue weighted by atomic mass is 32.1. The number of hydrogen-bond acceptors (Lipinski definition) is 4. The van der Waals surface area contributed by atoms with Crippen molar-refractivity contribution in [2.45, 2.75) is 33.2 Å². The van der Waals surface area contributed by atoms with Crippen molar-refractivity contribution < 1.29 is 19.1 Å². The van der Waals surface area contributed by atoms with E-state index in [1.54, 1.807) is 32.9 Å². The predicted molar refractivity (Wildman–Crippen MR) is 89.9 cm³/mol. The maximum absolute atomic E-state index is 13.0. The second kappa shape index (κ2) is 7.53. The van der Waals surface area contributed by atoms with Crippen molar-refractivity contribution in [1.82, 2.24) is 9.88 Å². The van der Waals surface area contributed by atoms with Crippen molar-refractivity contribution in [2.24, 2.45) is 0 Å². The number of carboxylic acids is 1. The molecule has 0 spiro atoms. The van der Waals surface area contributed by atoms with E-state index >= 15 is 0 Å². The van der Waals surface area contributed by atoms with Gasteiger partial charge in [0.2, 0.25) is 0 Å². The highest BCUT2D eigenvalue weighted by Gasteiger charge is 2.25. The number of rotatable bonds is 6. The van der Waals surface area contributed by atoms with Gasteiger partial charge in [0.25, 0.3) is 5.91 Å². The summed E-state index contributed by atoms with van der Waals surface area (Å²) in [6.45, 7) is 4.94. The third-order valence-electron chi connectivity index (χ3n) is 3.49. The third-order valence-corrected chi connectivity index (χ3v) is 4.64. The van der Waals surface area contributed by atoms with Crippen LogP contribution in [0, 0.1) is 12.7 Å². The second-order valence-electron chi connectivity index (χ2n) is 5.75. The summed E-state index contributed by atoms with van der Waals surface area (Å²) in [6.07, 6.45) is 0.500. The summed E-state index contributed by atoms with van der Waals surface area (Å²) >= 11 is 1.25. The van der Waals surface area contributed by atoms with Gasteiger partial charge in [-0.3, -0.25) is 9.59 Å². The van der Waals surface area contributed by atoms with E-state index < -0.39 is 5.97 Å². The summed E-state index contributed by atoms with van der Waals surface area (Å²) in [4.78, 5) is 29.8. The van der Waals surface area contributed by atoms with E-state index in [4.69, 9.17) is 5.11 Å². The average molecular weight is 350 g/mol. The maximum atomic E-state index is 13.0. The molecule has 5 nitrogen and oxygen atoms in total. The largest absolute Gasteiger partial charge is 0.480 e. The molecule has 0 bridgehead atoms. The number of aliphatic carboxylic acids is 1. The first-order chi connectivity index (χ1) is 11.3. The van der Waals surface area contributed by atoms with Crippen molar-refractivity contribution in [3.8, 4) is 0 Å². The van der Waals surface area contributed by atoms with Crippen molar-refractivity contribution >= 4 is 23.2 Å². The Hall–Kier alpha value is -2.28. The number of aryl methyl sites for hydroxylation is 1. The summed E-state index contributed by atoms with van der Waals surface area (Å²) in [5, 5.41) is 9.72. The molecule has 0 atom stereocenters. The van der Waals surface area contributed by atoms with Crippen LogP contribution in [0.5, 0.6) is 0 Å². The second-order valence-corrected chi connectivity index (χ2v) is 6.83. The first-order valence-corrected chi connectivity index (χ1v) is 8.33. The quantitative estimate of drug-likeness (QED) is 0.869. The first kappa shape index (κ1) is 18.1. The van der Waals surface area contributed by atoms with E-state index in [1.165, 1.54) is 28.4 Å². The zero-order valence-electron chi connectivity index (χ0n) is 13.7. The van der Waals surface area contributed by atoms with Gasteiger partial charge in [-0.1, -0.05) is 12.1 Å². The van der Waals surface area contributed by atoms with Gasteiger partial charge in [-0.2, -0.15) is 0 Å². The number of carbonyl (C=O) groups excluding carboxylic acids is 1. The van der Waals surface area contributed by atoms with Crippen LogP contribution < -0.4 is 0 Å². The zero-order valence-corrected chi connectivity index (χ0v) is 14.6. The topological polar surface area (TPSA) is 70.5 Å². The van der Waals surface area contributed by atoms with Crippen LogP contribution in [0.2, 0.25) is 0 Å². The summed E-state index contributed by atoms with van der Waals surface area (Å²) < 4.78 is 13.0. The lowest BCUT2D eigenvalue weighted by atomic mass is 10.1. The molecule has 1 heterocycles. The average Bonchev–Trinajstić information content (AvgIpc) is 2.86. The molecule has 7 heteroatoms. The fourth-order valence-corrected chi connectivity index (χ4v) is 3.32. The number of carboxylic acid groups (broad SMARTS) is 1. The van der Waals surface area contributed by atoms with E-state index in [0.717, 1.165) is 10.6 Å². The summed E-state index contributed by atoms with van der Waals surface area (Å²) in [5.74, 6) is -1.68. The molecule has 0 aliphatic rings. The van der Waals surface area contributed by atoms with Crippen LogP contribution in [-0.4, -0.2) is 39.5 Å². The Morgan fingerprint density at radius 1 is 1.29 bits per heavy atom. The SMILES string of the molecule is Cc1nc(Cc2ccc(F)cc2)sc1C(=O)N(CC(=O)O)C(C)C. The lowest BCUT2D eigenvalue weighted by Gasteiger charge is -2.24. The molecule has 0 saturated heterocycles. The van der Waals surface area contributed by atoms with Crippen molar-refractivity contribution in [2.75, 3.05) is 6.54 Å². The number of carbonyl (C=O) groups is 2. The number of thiazole rings is 1. The van der Waals surface area contributed by atoms with E-state index in [0.29, 0.717) is 17.0 Å². The number of nitrogens with zero attached hydrogens (tertiary/aromatic N) is 2. The van der Waals surface area contributed by atoms with E-state index in [-0.39, 0.29) is 24.3 Å². The molecule has 0 aliphatic carbocycles. The molecule has 24 heavy (non-hydrogen) atoms. The van der Waals surface area contributed by atoms with Crippen molar-refractivity contribution in [3.63, 3.8) is 0 Å². The van der Waals surface area contributed by atoms with Crippen LogP contribution in [0.25, 0.3) is 0 Å². The summed E-state index contributed by atoms with van der Waals surface area (Å²) in [6, 6.07) is 5.90. The molecule has 0 aliphatic heterocycles. The van der Waals surface area contributed by atoms with Gasteiger partial charge in [-0.15, -0.1) is 11.3 Å². The standard InChI is InChI=1S/C17H19FN2O3S/c1-10(2)20(9-15(21)22)17(23)16-11(3)19-14(24-16)8-12-4-6-13(18)7-5-12/h4-7,10H,8-9H2,1-3H3,(H,21,22). The highest BCUT2D eigenvalue weighted by Crippen LogP contribution is 2.23. The van der Waals surface area contributed by atoms with Crippen molar-refractivity contribution in [3.05, 3.63) is 51.2 Å². The summed E-state index contributed by atoms with van der Waals surface area (Å²) in [5.41, 5.74) is 1.48. The Morgan fingerprint density at radius 2 is 1.92 bits per heavy atom. The first-order valence-electron chi connectivity index (χ1n) is 7.51. The Bertz CT molecular complexity index is 741. The monoisotopic (exact) mass is 350 g/mol. The maximum Gasteiger partial charge on any atom is 0.323 e. The van der Waals surface area contributed by atoms with Gasteiger partial charge in [-0.05, 0) is 38.5 Å². The minimum absolute atomic E-state index is 0.226. The molecule has 0 fully saturated rings. The van der Waals surface area contributed by atoms with Crippen LogP contribution in [0.4, 0.5) is 4.39 Å². The molecular formula is C17H19FN2O3S. The lowest BCUT2D eigenvalue weighted by Crippen LogP contribution is -2.40. The molecule has 2 rings (SSSR count). The van der Waals surface area contributed by atoms with Gasteiger partial charge in [0.15, 0.2) is 0 Å². The van der Waals surface area contributed by atoms with E-state index in [2.05, 4.69) is 4.98 Å². The van der Waals surface area contributed by atoms with Crippen LogP contribution in [0.15, 0.2) is 24.3 Å². The van der Waals surface area contributed by atoms with Gasteiger partial charge in [0.1, 0.15) is 17.2 Å². The molecule has 0 saturated carbocycles. The fourth-order valence-electron chi connectivity index (χ4n) is 2.27. The number of benzene rings is 1. The normalized spacial score (nSPS) is 10.9. The molecule has 1 N–H and O–H groups in total. The fraction of sp³-hybridized carbons (Fsp3) is 0.353. The summed E-state index contributed by atoms with van der Waals surface area (Å²) in [7, 11) is 0. The molecule has 0 radical (unpaired) electrons. The van der Waals surface area contributed by atoms with E-state index in [1.807, 2.05) is 0 Å². The molecule has 2 aromatic rings. The Morgan fingerprint density at radius 3 is 2.46 bits per heavy atom. The Kier molecular flexibility index (Phi) is 5.66. The van der Waals surface area contributed by atoms with E-state index in [9.17, 15) is 14.0 Å². The van der Waals surface area contributed by atoms with Crippen molar-refractivity contribution in [1.29, 1.82) is 0 Å².